The lowest BCUT2D eigenvalue weighted by Crippen LogP contribution is -2.27. The first-order valence-electron chi connectivity index (χ1n) is 6.46. The van der Waals surface area contributed by atoms with E-state index in [1.165, 1.54) is 0 Å². The van der Waals surface area contributed by atoms with Crippen molar-refractivity contribution in [2.45, 2.75) is 33.7 Å². The highest BCUT2D eigenvalue weighted by molar-refractivity contribution is 5.76. The molecular formula is C15H21NO4. The number of carboxylic acid groups (broad SMARTS) is 1. The number of carbonyl (C=O) groups excluding carboxylic acids is 1. The van der Waals surface area contributed by atoms with Crippen molar-refractivity contribution in [1.29, 1.82) is 0 Å². The van der Waals surface area contributed by atoms with E-state index in [1.54, 1.807) is 18.2 Å². The lowest BCUT2D eigenvalue weighted by Gasteiger charge is -2.17. The van der Waals surface area contributed by atoms with Gasteiger partial charge < -0.3 is 15.2 Å². The SMILES string of the molecule is CC(C)(C)CC(=O)NCc1cccc(OCC(=O)O)c1. The molecule has 0 aliphatic heterocycles. The van der Waals surface area contributed by atoms with Gasteiger partial charge in [0.1, 0.15) is 5.75 Å². The van der Waals surface area contributed by atoms with E-state index >= 15 is 0 Å². The summed E-state index contributed by atoms with van der Waals surface area (Å²) in [6.45, 7) is 6.05. The van der Waals surface area contributed by atoms with Gasteiger partial charge in [-0.1, -0.05) is 32.9 Å². The van der Waals surface area contributed by atoms with Crippen LogP contribution in [-0.4, -0.2) is 23.6 Å². The standard InChI is InChI=1S/C15H21NO4/c1-15(2,3)8-13(17)16-9-11-5-4-6-12(7-11)20-10-14(18)19/h4-7H,8-10H2,1-3H3,(H,16,17)(H,18,19). The van der Waals surface area contributed by atoms with Crippen molar-refractivity contribution in [1.82, 2.24) is 5.32 Å². The third-order valence-corrected chi connectivity index (χ3v) is 2.44. The zero-order chi connectivity index (χ0) is 15.2. The Morgan fingerprint density at radius 2 is 2.00 bits per heavy atom. The van der Waals surface area contributed by atoms with E-state index in [0.717, 1.165) is 5.56 Å². The third kappa shape index (κ3) is 6.78. The maximum Gasteiger partial charge on any atom is 0.341 e. The van der Waals surface area contributed by atoms with Crippen LogP contribution in [0.2, 0.25) is 0 Å². The van der Waals surface area contributed by atoms with Crippen molar-refractivity contribution in [3.8, 4) is 5.75 Å². The molecule has 1 amide bonds. The van der Waals surface area contributed by atoms with Crippen LogP contribution < -0.4 is 10.1 Å². The van der Waals surface area contributed by atoms with Gasteiger partial charge in [0.25, 0.3) is 0 Å². The second kappa shape index (κ2) is 6.93. The highest BCUT2D eigenvalue weighted by atomic mass is 16.5. The van der Waals surface area contributed by atoms with Crippen LogP contribution in [0.1, 0.15) is 32.8 Å². The van der Waals surface area contributed by atoms with Gasteiger partial charge in [-0.15, -0.1) is 0 Å². The molecule has 0 aromatic heterocycles. The van der Waals surface area contributed by atoms with Gasteiger partial charge in [-0.25, -0.2) is 4.79 Å². The fourth-order valence-corrected chi connectivity index (χ4v) is 1.64. The molecule has 0 saturated carbocycles. The monoisotopic (exact) mass is 279 g/mol. The van der Waals surface area contributed by atoms with Crippen molar-refractivity contribution >= 4 is 11.9 Å². The highest BCUT2D eigenvalue weighted by Gasteiger charge is 2.15. The number of hydrogen-bond donors (Lipinski definition) is 2. The molecule has 0 aliphatic carbocycles. The predicted molar refractivity (Wildman–Crippen MR) is 75.5 cm³/mol. The third-order valence-electron chi connectivity index (χ3n) is 2.44. The number of hydrogen-bond acceptors (Lipinski definition) is 3. The smallest absolute Gasteiger partial charge is 0.341 e. The molecule has 0 radical (unpaired) electrons. The average Bonchev–Trinajstić information content (AvgIpc) is 2.32. The van der Waals surface area contributed by atoms with Crippen molar-refractivity contribution in [3.63, 3.8) is 0 Å². The Kier molecular flexibility index (Phi) is 5.55. The molecule has 2 N–H and O–H groups in total. The molecule has 20 heavy (non-hydrogen) atoms. The largest absolute Gasteiger partial charge is 0.482 e. The molecule has 5 nitrogen and oxygen atoms in total. The van der Waals surface area contributed by atoms with E-state index in [1.807, 2.05) is 26.8 Å². The molecule has 1 rings (SSSR count). The zero-order valence-electron chi connectivity index (χ0n) is 12.1. The van der Waals surface area contributed by atoms with Crippen molar-refractivity contribution in [3.05, 3.63) is 29.8 Å². The molecule has 0 atom stereocenters. The van der Waals surface area contributed by atoms with Gasteiger partial charge in [0, 0.05) is 13.0 Å². The predicted octanol–water partition coefficient (Wildman–Crippen LogP) is 2.20. The lowest BCUT2D eigenvalue weighted by molar-refractivity contribution is -0.139. The summed E-state index contributed by atoms with van der Waals surface area (Å²) in [5, 5.41) is 11.4. The van der Waals surface area contributed by atoms with Crippen LogP contribution >= 0.6 is 0 Å². The zero-order valence-corrected chi connectivity index (χ0v) is 12.1. The number of nitrogens with one attached hydrogen (secondary N) is 1. The fraction of sp³-hybridized carbons (Fsp3) is 0.467. The van der Waals surface area contributed by atoms with Crippen LogP contribution in [0.25, 0.3) is 0 Å². The van der Waals surface area contributed by atoms with E-state index in [2.05, 4.69) is 5.32 Å². The molecule has 1 aromatic rings. The topological polar surface area (TPSA) is 75.6 Å². The Hall–Kier alpha value is -2.04. The summed E-state index contributed by atoms with van der Waals surface area (Å²) >= 11 is 0. The minimum absolute atomic E-state index is 0.00522. The fourth-order valence-electron chi connectivity index (χ4n) is 1.64. The molecule has 0 fully saturated rings. The normalized spacial score (nSPS) is 10.9. The van der Waals surface area contributed by atoms with E-state index in [0.29, 0.717) is 18.7 Å². The Labute approximate surface area is 118 Å². The second-order valence-corrected chi connectivity index (χ2v) is 5.84. The maximum atomic E-state index is 11.7. The van der Waals surface area contributed by atoms with Gasteiger partial charge in [-0.3, -0.25) is 4.79 Å². The van der Waals surface area contributed by atoms with Gasteiger partial charge in [0.2, 0.25) is 5.91 Å². The first kappa shape index (κ1) is 16.0. The van der Waals surface area contributed by atoms with Crippen molar-refractivity contribution in [2.75, 3.05) is 6.61 Å². The summed E-state index contributed by atoms with van der Waals surface area (Å²) in [6, 6.07) is 7.02. The average molecular weight is 279 g/mol. The number of ether oxygens (including phenoxy) is 1. The first-order chi connectivity index (χ1) is 9.26. The molecule has 0 aliphatic rings. The van der Waals surface area contributed by atoms with Gasteiger partial charge in [0.15, 0.2) is 6.61 Å². The molecule has 0 bridgehead atoms. The van der Waals surface area contributed by atoms with Gasteiger partial charge in [-0.05, 0) is 23.1 Å². The lowest BCUT2D eigenvalue weighted by atomic mass is 9.92. The van der Waals surface area contributed by atoms with Gasteiger partial charge in [0.05, 0.1) is 0 Å². The van der Waals surface area contributed by atoms with Gasteiger partial charge >= 0.3 is 5.97 Å². The van der Waals surface area contributed by atoms with Crippen LogP contribution in [-0.2, 0) is 16.1 Å². The number of carbonyl (C=O) groups is 2. The first-order valence-corrected chi connectivity index (χ1v) is 6.46. The quantitative estimate of drug-likeness (QED) is 0.837. The summed E-state index contributed by atoms with van der Waals surface area (Å²) in [7, 11) is 0. The second-order valence-electron chi connectivity index (χ2n) is 5.84. The number of rotatable bonds is 6. The summed E-state index contributed by atoms with van der Waals surface area (Å²) < 4.78 is 5.08. The van der Waals surface area contributed by atoms with E-state index in [-0.39, 0.29) is 17.9 Å². The van der Waals surface area contributed by atoms with E-state index < -0.39 is 5.97 Å². The molecule has 1 aromatic carbocycles. The van der Waals surface area contributed by atoms with E-state index in [9.17, 15) is 9.59 Å². The molecule has 0 saturated heterocycles. The molecule has 0 heterocycles. The summed E-state index contributed by atoms with van der Waals surface area (Å²) in [6.07, 6.45) is 0.461. The Morgan fingerprint density at radius 1 is 1.30 bits per heavy atom. The Balaban J connectivity index is 2.50. The van der Waals surface area contributed by atoms with Crippen LogP contribution in [0, 0.1) is 5.41 Å². The van der Waals surface area contributed by atoms with Crippen molar-refractivity contribution in [2.24, 2.45) is 5.41 Å². The van der Waals surface area contributed by atoms with Crippen LogP contribution in [0.3, 0.4) is 0 Å². The maximum absolute atomic E-state index is 11.7. The molecule has 5 heteroatoms. The Morgan fingerprint density at radius 3 is 2.60 bits per heavy atom. The van der Waals surface area contributed by atoms with Gasteiger partial charge in [-0.2, -0.15) is 0 Å². The molecule has 0 unspecified atom stereocenters. The van der Waals surface area contributed by atoms with Crippen LogP contribution in [0.15, 0.2) is 24.3 Å². The summed E-state index contributed by atoms with van der Waals surface area (Å²) in [5.41, 5.74) is 0.825. The van der Waals surface area contributed by atoms with Crippen LogP contribution in [0.5, 0.6) is 5.75 Å². The molecule has 110 valence electrons. The number of benzene rings is 1. The van der Waals surface area contributed by atoms with Crippen molar-refractivity contribution < 1.29 is 19.4 Å². The highest BCUT2D eigenvalue weighted by Crippen LogP contribution is 2.18. The number of aliphatic carboxylic acids is 1. The minimum atomic E-state index is -1.02. The Bertz CT molecular complexity index is 477. The molecular weight excluding hydrogens is 258 g/mol. The summed E-state index contributed by atoms with van der Waals surface area (Å²) in [5.74, 6) is -0.543. The minimum Gasteiger partial charge on any atom is -0.482 e. The number of amides is 1. The number of carboxylic acids is 1. The van der Waals surface area contributed by atoms with E-state index in [4.69, 9.17) is 9.84 Å². The van der Waals surface area contributed by atoms with Crippen LogP contribution in [0.4, 0.5) is 0 Å². The molecule has 0 spiro atoms. The summed E-state index contributed by atoms with van der Waals surface area (Å²) in [4.78, 5) is 22.1.